The van der Waals surface area contributed by atoms with Gasteiger partial charge in [-0.05, 0) is 57.0 Å². The van der Waals surface area contributed by atoms with Gasteiger partial charge in [0.15, 0.2) is 0 Å². The zero-order chi connectivity index (χ0) is 17.1. The number of likely N-dealkylation sites (tertiary alicyclic amines) is 1. The molecular weight excluding hydrogens is 322 g/mol. The average molecular weight is 347 g/mol. The molecule has 1 atom stereocenters. The summed E-state index contributed by atoms with van der Waals surface area (Å²) in [6.45, 7) is 7.21. The molecule has 1 fully saturated rings. The molecule has 3 heterocycles. The van der Waals surface area contributed by atoms with Gasteiger partial charge in [0.1, 0.15) is 5.69 Å². The molecule has 0 saturated carbocycles. The van der Waals surface area contributed by atoms with E-state index in [4.69, 9.17) is 0 Å². The molecular formula is C18H25N3O2S. The molecule has 1 unspecified atom stereocenters. The second kappa shape index (κ2) is 7.59. The Kier molecular flexibility index (Phi) is 5.48. The Morgan fingerprint density at radius 2 is 2.00 bits per heavy atom. The third kappa shape index (κ3) is 4.32. The van der Waals surface area contributed by atoms with Gasteiger partial charge >= 0.3 is 0 Å². The lowest BCUT2D eigenvalue weighted by Gasteiger charge is -2.31. The minimum Gasteiger partial charge on any atom is -0.390 e. The van der Waals surface area contributed by atoms with Gasteiger partial charge in [0.05, 0.1) is 17.5 Å². The maximum atomic E-state index is 12.1. The number of aliphatic hydroxyl groups is 1. The highest BCUT2D eigenvalue weighted by Gasteiger charge is 2.19. The van der Waals surface area contributed by atoms with E-state index in [9.17, 15) is 9.90 Å². The van der Waals surface area contributed by atoms with Crippen molar-refractivity contribution >= 4 is 11.3 Å². The van der Waals surface area contributed by atoms with Crippen LogP contribution in [0.2, 0.25) is 0 Å². The van der Waals surface area contributed by atoms with Gasteiger partial charge in [-0.1, -0.05) is 6.92 Å². The molecule has 2 aromatic heterocycles. The number of aliphatic hydroxyl groups excluding tert-OH is 1. The van der Waals surface area contributed by atoms with E-state index in [1.165, 1.54) is 28.5 Å². The highest BCUT2D eigenvalue weighted by Crippen LogP contribution is 2.25. The SMILES string of the molecule is Cc1ccc(-c2ccc(=O)n(CC(O)CN3CCC(C)CC3)n2)s1. The van der Waals surface area contributed by atoms with Crippen molar-refractivity contribution < 1.29 is 5.11 Å². The number of piperidine rings is 1. The Balaban J connectivity index is 1.66. The lowest BCUT2D eigenvalue weighted by Crippen LogP contribution is -2.41. The molecule has 0 aliphatic carbocycles. The van der Waals surface area contributed by atoms with Crippen molar-refractivity contribution in [2.24, 2.45) is 5.92 Å². The predicted octanol–water partition coefficient (Wildman–Crippen LogP) is 2.37. The van der Waals surface area contributed by atoms with Gasteiger partial charge in [0, 0.05) is 17.5 Å². The van der Waals surface area contributed by atoms with Crippen molar-refractivity contribution in [3.63, 3.8) is 0 Å². The monoisotopic (exact) mass is 347 g/mol. The van der Waals surface area contributed by atoms with E-state index in [0.717, 1.165) is 29.6 Å². The Labute approximate surface area is 146 Å². The first-order valence-corrected chi connectivity index (χ1v) is 9.38. The van der Waals surface area contributed by atoms with Crippen LogP contribution in [0.15, 0.2) is 29.1 Å². The van der Waals surface area contributed by atoms with Crippen LogP contribution in [0.3, 0.4) is 0 Å². The zero-order valence-corrected chi connectivity index (χ0v) is 15.1. The number of hydrogen-bond donors (Lipinski definition) is 1. The molecule has 0 aromatic carbocycles. The Morgan fingerprint density at radius 1 is 1.25 bits per heavy atom. The first-order chi connectivity index (χ1) is 11.5. The van der Waals surface area contributed by atoms with Gasteiger partial charge in [-0.15, -0.1) is 11.3 Å². The molecule has 24 heavy (non-hydrogen) atoms. The molecule has 5 nitrogen and oxygen atoms in total. The number of hydrogen-bond acceptors (Lipinski definition) is 5. The Hall–Kier alpha value is -1.50. The minimum atomic E-state index is -0.580. The van der Waals surface area contributed by atoms with Crippen molar-refractivity contribution in [3.05, 3.63) is 39.5 Å². The maximum absolute atomic E-state index is 12.1. The summed E-state index contributed by atoms with van der Waals surface area (Å²) in [4.78, 5) is 16.6. The van der Waals surface area contributed by atoms with Crippen LogP contribution in [0, 0.1) is 12.8 Å². The van der Waals surface area contributed by atoms with Crippen LogP contribution in [0.1, 0.15) is 24.6 Å². The first-order valence-electron chi connectivity index (χ1n) is 8.56. The van der Waals surface area contributed by atoms with Crippen LogP contribution in [-0.4, -0.2) is 45.5 Å². The van der Waals surface area contributed by atoms with Crippen LogP contribution in [0.5, 0.6) is 0 Å². The van der Waals surface area contributed by atoms with Crippen LogP contribution < -0.4 is 5.56 Å². The number of thiophene rings is 1. The zero-order valence-electron chi connectivity index (χ0n) is 14.3. The van der Waals surface area contributed by atoms with Gasteiger partial charge in [0.2, 0.25) is 0 Å². The minimum absolute atomic E-state index is 0.168. The number of β-amino-alcohol motifs (C(OH)–C–C–N with tert-alkyl or cyclic N) is 1. The molecule has 1 aliphatic heterocycles. The van der Waals surface area contributed by atoms with E-state index < -0.39 is 6.10 Å². The molecule has 0 radical (unpaired) electrons. The molecule has 1 aliphatic rings. The van der Waals surface area contributed by atoms with Gasteiger partial charge in [-0.2, -0.15) is 5.10 Å². The summed E-state index contributed by atoms with van der Waals surface area (Å²) in [5.74, 6) is 0.772. The highest BCUT2D eigenvalue weighted by molar-refractivity contribution is 7.15. The summed E-state index contributed by atoms with van der Waals surface area (Å²) in [6.07, 6.45) is 1.78. The molecule has 0 spiro atoms. The summed E-state index contributed by atoms with van der Waals surface area (Å²) in [6, 6.07) is 7.35. The van der Waals surface area contributed by atoms with Crippen molar-refractivity contribution in [2.45, 2.75) is 39.3 Å². The maximum Gasteiger partial charge on any atom is 0.266 e. The van der Waals surface area contributed by atoms with Crippen molar-refractivity contribution in [2.75, 3.05) is 19.6 Å². The predicted molar refractivity (Wildman–Crippen MR) is 97.4 cm³/mol. The second-order valence-electron chi connectivity index (χ2n) is 6.79. The number of rotatable bonds is 5. The van der Waals surface area contributed by atoms with E-state index in [2.05, 4.69) is 16.9 Å². The van der Waals surface area contributed by atoms with Gasteiger partial charge in [-0.25, -0.2) is 4.68 Å². The summed E-state index contributed by atoms with van der Waals surface area (Å²) in [5, 5.41) is 14.8. The lowest BCUT2D eigenvalue weighted by molar-refractivity contribution is 0.0767. The summed E-state index contributed by atoms with van der Waals surface area (Å²) in [5.41, 5.74) is 0.616. The lowest BCUT2D eigenvalue weighted by atomic mass is 9.99. The number of aromatic nitrogens is 2. The molecule has 130 valence electrons. The average Bonchev–Trinajstić information content (AvgIpc) is 2.98. The smallest absolute Gasteiger partial charge is 0.266 e. The molecule has 1 saturated heterocycles. The van der Waals surface area contributed by atoms with Crippen LogP contribution in [0.25, 0.3) is 10.6 Å². The largest absolute Gasteiger partial charge is 0.390 e. The third-order valence-corrected chi connectivity index (χ3v) is 5.61. The van der Waals surface area contributed by atoms with E-state index >= 15 is 0 Å². The Bertz CT molecular complexity index is 732. The fourth-order valence-corrected chi connectivity index (χ4v) is 3.92. The fourth-order valence-electron chi connectivity index (χ4n) is 3.08. The molecule has 2 aromatic rings. The second-order valence-corrected chi connectivity index (χ2v) is 8.07. The van der Waals surface area contributed by atoms with Crippen molar-refractivity contribution in [1.29, 1.82) is 0 Å². The van der Waals surface area contributed by atoms with E-state index in [0.29, 0.717) is 6.54 Å². The molecule has 1 N–H and O–H groups in total. The topological polar surface area (TPSA) is 58.4 Å². The van der Waals surface area contributed by atoms with E-state index in [1.807, 2.05) is 19.1 Å². The molecule has 3 rings (SSSR count). The quantitative estimate of drug-likeness (QED) is 0.902. The molecule has 0 amide bonds. The number of aryl methyl sites for hydroxylation is 1. The van der Waals surface area contributed by atoms with Crippen LogP contribution in [-0.2, 0) is 6.54 Å². The molecule has 0 bridgehead atoms. The van der Waals surface area contributed by atoms with Crippen LogP contribution >= 0.6 is 11.3 Å². The highest BCUT2D eigenvalue weighted by atomic mass is 32.1. The van der Waals surface area contributed by atoms with Gasteiger partial charge in [-0.3, -0.25) is 4.79 Å². The number of nitrogens with zero attached hydrogens (tertiary/aromatic N) is 3. The van der Waals surface area contributed by atoms with Crippen molar-refractivity contribution in [1.82, 2.24) is 14.7 Å². The van der Waals surface area contributed by atoms with Crippen LogP contribution in [0.4, 0.5) is 0 Å². The fraction of sp³-hybridized carbons (Fsp3) is 0.556. The van der Waals surface area contributed by atoms with E-state index in [-0.39, 0.29) is 12.1 Å². The van der Waals surface area contributed by atoms with Gasteiger partial charge < -0.3 is 10.0 Å². The van der Waals surface area contributed by atoms with Gasteiger partial charge in [0.25, 0.3) is 5.56 Å². The standard InChI is InChI=1S/C18H25N3O2S/c1-13-7-9-20(10-8-13)11-15(22)12-21-18(23)6-4-16(19-21)17-5-3-14(2)24-17/h3-6,13,15,22H,7-12H2,1-2H3. The summed E-state index contributed by atoms with van der Waals surface area (Å²) < 4.78 is 1.39. The van der Waals surface area contributed by atoms with Crippen molar-refractivity contribution in [3.8, 4) is 10.6 Å². The normalized spacial score (nSPS) is 18.0. The Morgan fingerprint density at radius 3 is 2.67 bits per heavy atom. The third-order valence-electron chi connectivity index (χ3n) is 4.59. The summed E-state index contributed by atoms with van der Waals surface area (Å²) >= 11 is 1.65. The molecule has 6 heteroatoms. The summed E-state index contributed by atoms with van der Waals surface area (Å²) in [7, 11) is 0. The van der Waals surface area contributed by atoms with E-state index in [1.54, 1.807) is 17.4 Å². The first kappa shape index (κ1) is 17.3.